The number of amides is 1. The van der Waals surface area contributed by atoms with Gasteiger partial charge in [-0.3, -0.25) is 4.79 Å². The van der Waals surface area contributed by atoms with Crippen LogP contribution in [-0.2, 0) is 0 Å². The van der Waals surface area contributed by atoms with E-state index in [2.05, 4.69) is 11.4 Å². The van der Waals surface area contributed by atoms with Crippen LogP contribution in [0.3, 0.4) is 0 Å². The van der Waals surface area contributed by atoms with E-state index in [1.807, 2.05) is 38.1 Å². The minimum atomic E-state index is -0.537. The second-order valence-corrected chi connectivity index (χ2v) is 7.79. The minimum Gasteiger partial charge on any atom is -0.504 e. The number of aromatic hydroxyl groups is 1. The fraction of sp³-hybridized carbons (Fsp3) is 0.130. The maximum atomic E-state index is 12.6. The largest absolute Gasteiger partial charge is 0.504 e. The highest BCUT2D eigenvalue weighted by molar-refractivity contribution is 6.33. The van der Waals surface area contributed by atoms with E-state index < -0.39 is 11.8 Å². The second kappa shape index (κ2) is 8.66. The number of nitrogens with one attached hydrogen (secondary N) is 1. The summed E-state index contributed by atoms with van der Waals surface area (Å²) in [7, 11) is 0. The number of hydrogen-bond acceptors (Lipinski definition) is 4. The molecular formula is C23H19Cl2N3O2. The Bertz CT molecular complexity index is 1170. The summed E-state index contributed by atoms with van der Waals surface area (Å²) in [4.78, 5) is 12.6. The van der Waals surface area contributed by atoms with Crippen LogP contribution in [0.5, 0.6) is 5.75 Å². The average Bonchev–Trinajstić information content (AvgIpc) is 2.71. The molecule has 1 atom stereocenters. The van der Waals surface area contributed by atoms with Crippen molar-refractivity contribution in [2.75, 3.05) is 11.1 Å². The zero-order valence-corrected chi connectivity index (χ0v) is 17.8. The molecule has 3 rings (SSSR count). The number of carbonyl (C=O) groups excluding carboxylic acids is 1. The van der Waals surface area contributed by atoms with Crippen LogP contribution >= 0.6 is 23.2 Å². The number of nitrogen functional groups attached to an aromatic ring is 1. The van der Waals surface area contributed by atoms with Crippen molar-refractivity contribution in [1.29, 1.82) is 5.26 Å². The highest BCUT2D eigenvalue weighted by atomic mass is 35.5. The number of nitrogens with two attached hydrogens (primary N) is 1. The first-order chi connectivity index (χ1) is 14.2. The topological polar surface area (TPSA) is 99.1 Å². The molecule has 0 spiro atoms. The van der Waals surface area contributed by atoms with E-state index in [0.29, 0.717) is 16.3 Å². The summed E-state index contributed by atoms with van der Waals surface area (Å²) in [5, 5.41) is 22.8. The third-order valence-corrected chi connectivity index (χ3v) is 5.49. The van der Waals surface area contributed by atoms with E-state index in [9.17, 15) is 15.2 Å². The normalized spacial score (nSPS) is 11.6. The molecule has 0 radical (unpaired) electrons. The highest BCUT2D eigenvalue weighted by Crippen LogP contribution is 2.35. The first-order valence-electron chi connectivity index (χ1n) is 9.07. The molecule has 1 amide bonds. The maximum Gasteiger partial charge on any atom is 0.257 e. The molecular weight excluding hydrogens is 421 g/mol. The molecule has 1 unspecified atom stereocenters. The summed E-state index contributed by atoms with van der Waals surface area (Å²) in [5.41, 5.74) is 9.58. The molecule has 3 aromatic carbocycles. The summed E-state index contributed by atoms with van der Waals surface area (Å²) in [6.45, 7) is 3.79. The zero-order valence-electron chi connectivity index (χ0n) is 16.3. The molecule has 0 aromatic heterocycles. The molecule has 0 bridgehead atoms. The summed E-state index contributed by atoms with van der Waals surface area (Å²) >= 11 is 12.3. The minimum absolute atomic E-state index is 0.0614. The molecule has 152 valence electrons. The van der Waals surface area contributed by atoms with Gasteiger partial charge in [-0.1, -0.05) is 59.1 Å². The van der Waals surface area contributed by atoms with E-state index in [1.165, 1.54) is 12.1 Å². The van der Waals surface area contributed by atoms with Crippen LogP contribution < -0.4 is 11.1 Å². The SMILES string of the molecule is Cc1ccc(C(C#N)c2cc(C)c(NC(=O)c3ccc(Cl)c(O)c3N)cc2Cl)cc1. The Morgan fingerprint density at radius 2 is 1.77 bits per heavy atom. The number of hydrogen-bond donors (Lipinski definition) is 3. The fourth-order valence-electron chi connectivity index (χ4n) is 3.11. The smallest absolute Gasteiger partial charge is 0.257 e. The third kappa shape index (κ3) is 4.20. The van der Waals surface area contributed by atoms with Gasteiger partial charge in [0.05, 0.1) is 28.3 Å². The molecule has 0 aliphatic carbocycles. The van der Waals surface area contributed by atoms with Crippen molar-refractivity contribution < 1.29 is 9.90 Å². The zero-order chi connectivity index (χ0) is 22.0. The van der Waals surface area contributed by atoms with Crippen molar-refractivity contribution in [3.63, 3.8) is 0 Å². The van der Waals surface area contributed by atoms with Crippen molar-refractivity contribution >= 4 is 40.5 Å². The van der Waals surface area contributed by atoms with Crippen molar-refractivity contribution in [3.05, 3.63) is 86.4 Å². The third-order valence-electron chi connectivity index (χ3n) is 4.86. The fourth-order valence-corrected chi connectivity index (χ4v) is 3.55. The van der Waals surface area contributed by atoms with Crippen molar-refractivity contribution in [3.8, 4) is 11.8 Å². The van der Waals surface area contributed by atoms with Gasteiger partial charge < -0.3 is 16.2 Å². The van der Waals surface area contributed by atoms with Gasteiger partial charge in [-0.15, -0.1) is 0 Å². The van der Waals surface area contributed by atoms with Crippen LogP contribution in [0, 0.1) is 25.2 Å². The summed E-state index contributed by atoms with van der Waals surface area (Å²) in [5.74, 6) is -1.39. The standard InChI is InChI=1S/C23H19Cl2N3O2/c1-12-3-5-14(6-4-12)17(11-26)16-9-13(2)20(10-19(16)25)28-23(30)15-7-8-18(24)22(29)21(15)27/h3-10,17,29H,27H2,1-2H3,(H,28,30). The van der Waals surface area contributed by atoms with Gasteiger partial charge in [-0.25, -0.2) is 0 Å². The molecule has 30 heavy (non-hydrogen) atoms. The number of nitriles is 1. The van der Waals surface area contributed by atoms with Crippen LogP contribution in [0.2, 0.25) is 10.0 Å². The molecule has 0 aliphatic heterocycles. The molecule has 0 fully saturated rings. The summed E-state index contributed by atoms with van der Waals surface area (Å²) in [6, 6.07) is 16.2. The quantitative estimate of drug-likeness (QED) is 0.352. The lowest BCUT2D eigenvalue weighted by Crippen LogP contribution is -2.15. The molecule has 5 nitrogen and oxygen atoms in total. The predicted octanol–water partition coefficient (Wildman–Crippen LogP) is 5.81. The number of phenolic OH excluding ortho intramolecular Hbond substituents is 1. The second-order valence-electron chi connectivity index (χ2n) is 6.97. The molecule has 0 saturated carbocycles. The van der Waals surface area contributed by atoms with Gasteiger partial charge in [0.2, 0.25) is 0 Å². The number of anilines is 2. The summed E-state index contributed by atoms with van der Waals surface area (Å²) in [6.07, 6.45) is 0. The molecule has 3 aromatic rings. The van der Waals surface area contributed by atoms with Crippen LogP contribution in [0.1, 0.15) is 38.5 Å². The van der Waals surface area contributed by atoms with E-state index in [1.54, 1.807) is 12.1 Å². The Labute approximate surface area is 184 Å². The first-order valence-corrected chi connectivity index (χ1v) is 9.83. The van der Waals surface area contributed by atoms with Gasteiger partial charge in [-0.05, 0) is 48.7 Å². The van der Waals surface area contributed by atoms with Gasteiger partial charge >= 0.3 is 0 Å². The monoisotopic (exact) mass is 439 g/mol. The first kappa shape index (κ1) is 21.5. The van der Waals surface area contributed by atoms with E-state index in [-0.39, 0.29) is 22.0 Å². The van der Waals surface area contributed by atoms with Gasteiger partial charge in [0.25, 0.3) is 5.91 Å². The van der Waals surface area contributed by atoms with E-state index in [0.717, 1.165) is 16.7 Å². The summed E-state index contributed by atoms with van der Waals surface area (Å²) < 4.78 is 0. The average molecular weight is 440 g/mol. The van der Waals surface area contributed by atoms with Crippen molar-refractivity contribution in [2.24, 2.45) is 0 Å². The lowest BCUT2D eigenvalue weighted by molar-refractivity contribution is 0.102. The number of carbonyl (C=O) groups is 1. The molecule has 0 aliphatic rings. The van der Waals surface area contributed by atoms with Gasteiger partial charge in [0, 0.05) is 10.7 Å². The Balaban J connectivity index is 1.93. The Morgan fingerprint density at radius 3 is 2.40 bits per heavy atom. The van der Waals surface area contributed by atoms with Crippen molar-refractivity contribution in [2.45, 2.75) is 19.8 Å². The molecule has 7 heteroatoms. The molecule has 4 N–H and O–H groups in total. The predicted molar refractivity (Wildman–Crippen MR) is 120 cm³/mol. The number of aryl methyl sites for hydroxylation is 2. The number of benzene rings is 3. The van der Waals surface area contributed by atoms with Crippen molar-refractivity contribution in [1.82, 2.24) is 0 Å². The number of rotatable bonds is 4. The number of halogens is 2. The van der Waals surface area contributed by atoms with E-state index in [4.69, 9.17) is 28.9 Å². The lowest BCUT2D eigenvalue weighted by atomic mass is 9.90. The van der Waals surface area contributed by atoms with Crippen LogP contribution in [-0.4, -0.2) is 11.0 Å². The number of nitrogens with zero attached hydrogens (tertiary/aromatic N) is 1. The molecule has 0 saturated heterocycles. The maximum absolute atomic E-state index is 12.6. The van der Waals surface area contributed by atoms with E-state index >= 15 is 0 Å². The van der Waals surface area contributed by atoms with Crippen LogP contribution in [0.15, 0.2) is 48.5 Å². The highest BCUT2D eigenvalue weighted by Gasteiger charge is 2.20. The van der Waals surface area contributed by atoms with Gasteiger partial charge in [0.1, 0.15) is 0 Å². The Kier molecular flexibility index (Phi) is 6.21. The molecule has 0 heterocycles. The van der Waals surface area contributed by atoms with Crippen LogP contribution in [0.4, 0.5) is 11.4 Å². The Morgan fingerprint density at radius 1 is 1.10 bits per heavy atom. The number of phenols is 1. The lowest BCUT2D eigenvalue weighted by Gasteiger charge is -2.17. The van der Waals surface area contributed by atoms with Gasteiger partial charge in [0.15, 0.2) is 5.75 Å². The van der Waals surface area contributed by atoms with Gasteiger partial charge in [-0.2, -0.15) is 5.26 Å². The van der Waals surface area contributed by atoms with Crippen LogP contribution in [0.25, 0.3) is 0 Å². The Hall–Kier alpha value is -3.20.